The van der Waals surface area contributed by atoms with E-state index < -0.39 is 5.92 Å². The first-order valence-electron chi connectivity index (χ1n) is 12.8. The van der Waals surface area contributed by atoms with Crippen LogP contribution in [0, 0.1) is 0 Å². The van der Waals surface area contributed by atoms with Gasteiger partial charge in [-0.2, -0.15) is 0 Å². The van der Waals surface area contributed by atoms with Crippen molar-refractivity contribution in [3.63, 3.8) is 0 Å². The number of ketones is 2. The molecule has 1 aliphatic heterocycles. The topological polar surface area (TPSA) is 77.8 Å². The summed E-state index contributed by atoms with van der Waals surface area (Å²) in [5.74, 6) is -0.839. The molecule has 6 rings (SSSR count). The van der Waals surface area contributed by atoms with E-state index in [1.807, 2.05) is 43.4 Å². The van der Waals surface area contributed by atoms with Crippen molar-refractivity contribution >= 4 is 11.6 Å². The number of phenolic OH excluding ortho intramolecular Hbond substituents is 2. The minimum atomic E-state index is -0.554. The molecule has 0 spiro atoms. The van der Waals surface area contributed by atoms with E-state index in [4.69, 9.17) is 0 Å². The van der Waals surface area contributed by atoms with Gasteiger partial charge in [0, 0.05) is 48.3 Å². The highest BCUT2D eigenvalue weighted by Crippen LogP contribution is 2.53. The zero-order valence-electron chi connectivity index (χ0n) is 20.7. The Labute approximate surface area is 216 Å². The second kappa shape index (κ2) is 9.07. The maximum absolute atomic E-state index is 13.8. The van der Waals surface area contributed by atoms with Gasteiger partial charge < -0.3 is 15.1 Å². The summed E-state index contributed by atoms with van der Waals surface area (Å²) >= 11 is 0. The predicted molar refractivity (Wildman–Crippen MR) is 141 cm³/mol. The standard InChI is InChI=1S/C32H29NO4/c1-33-24-14-22(19-8-4-2-5-9-19)17-28(36)31(24)30(21-12-13-26(34)27(35)16-21)32-25(33)15-23(18-29(32)37)20-10-6-3-7-11-20/h2-13,16,22-23,30,34-35H,14-15,17-18H2,1H3. The number of rotatable bonds is 3. The number of phenols is 2. The average Bonchev–Trinajstić information content (AvgIpc) is 2.92. The Bertz CT molecular complexity index is 1370. The van der Waals surface area contributed by atoms with Crippen molar-refractivity contribution in [1.29, 1.82) is 0 Å². The van der Waals surface area contributed by atoms with Crippen molar-refractivity contribution in [3.05, 3.63) is 118 Å². The quantitative estimate of drug-likeness (QED) is 0.444. The molecule has 2 N–H and O–H groups in total. The molecule has 5 heteroatoms. The fourth-order valence-corrected chi connectivity index (χ4v) is 6.39. The molecule has 3 aromatic rings. The van der Waals surface area contributed by atoms with E-state index >= 15 is 0 Å². The minimum absolute atomic E-state index is 0.0315. The molecule has 0 fully saturated rings. The van der Waals surface area contributed by atoms with Gasteiger partial charge in [-0.1, -0.05) is 66.7 Å². The molecule has 0 amide bonds. The van der Waals surface area contributed by atoms with Crippen molar-refractivity contribution in [1.82, 2.24) is 4.90 Å². The highest BCUT2D eigenvalue weighted by atomic mass is 16.3. The molecule has 3 aromatic carbocycles. The van der Waals surface area contributed by atoms with Crippen LogP contribution in [0.25, 0.3) is 0 Å². The van der Waals surface area contributed by atoms with Crippen LogP contribution in [0.3, 0.4) is 0 Å². The fourth-order valence-electron chi connectivity index (χ4n) is 6.39. The fraction of sp³-hybridized carbons (Fsp3) is 0.250. The van der Waals surface area contributed by atoms with Crippen LogP contribution in [0.5, 0.6) is 11.5 Å². The van der Waals surface area contributed by atoms with Gasteiger partial charge in [0.25, 0.3) is 0 Å². The Morgan fingerprint density at radius 1 is 0.622 bits per heavy atom. The van der Waals surface area contributed by atoms with Gasteiger partial charge in [0.1, 0.15) is 0 Å². The molecule has 186 valence electrons. The van der Waals surface area contributed by atoms with E-state index in [2.05, 4.69) is 29.2 Å². The molecule has 2 unspecified atom stereocenters. The predicted octanol–water partition coefficient (Wildman–Crippen LogP) is 5.93. The molecular formula is C32H29NO4. The third-order valence-corrected chi connectivity index (χ3v) is 8.23. The normalized spacial score (nSPS) is 23.7. The van der Waals surface area contributed by atoms with Gasteiger partial charge >= 0.3 is 0 Å². The van der Waals surface area contributed by atoms with E-state index in [0.717, 1.165) is 22.5 Å². The summed E-state index contributed by atoms with van der Waals surface area (Å²) in [6, 6.07) is 24.9. The maximum Gasteiger partial charge on any atom is 0.162 e. The lowest BCUT2D eigenvalue weighted by atomic mass is 9.67. The minimum Gasteiger partial charge on any atom is -0.504 e. The summed E-state index contributed by atoms with van der Waals surface area (Å²) in [5.41, 5.74) is 6.11. The zero-order valence-corrected chi connectivity index (χ0v) is 20.7. The van der Waals surface area contributed by atoms with Crippen LogP contribution < -0.4 is 0 Å². The first kappa shape index (κ1) is 23.3. The van der Waals surface area contributed by atoms with E-state index in [1.165, 1.54) is 12.1 Å². The lowest BCUT2D eigenvalue weighted by Gasteiger charge is -2.45. The number of carbonyl (C=O) groups excluding carboxylic acids is 2. The molecule has 0 saturated carbocycles. The lowest BCUT2D eigenvalue weighted by Crippen LogP contribution is -2.39. The van der Waals surface area contributed by atoms with Gasteiger partial charge in [0.15, 0.2) is 23.1 Å². The summed E-state index contributed by atoms with van der Waals surface area (Å²) in [4.78, 5) is 29.8. The molecule has 3 aliphatic rings. The van der Waals surface area contributed by atoms with Gasteiger partial charge in [0.2, 0.25) is 0 Å². The second-order valence-corrected chi connectivity index (χ2v) is 10.3. The number of allylic oxidation sites excluding steroid dienone is 4. The summed E-state index contributed by atoms with van der Waals surface area (Å²) in [5, 5.41) is 20.3. The highest BCUT2D eigenvalue weighted by Gasteiger charge is 2.46. The largest absolute Gasteiger partial charge is 0.504 e. The maximum atomic E-state index is 13.8. The first-order chi connectivity index (χ1) is 17.9. The molecule has 37 heavy (non-hydrogen) atoms. The van der Waals surface area contributed by atoms with Crippen LogP contribution in [-0.4, -0.2) is 33.7 Å². The third kappa shape index (κ3) is 3.95. The summed E-state index contributed by atoms with van der Waals surface area (Å²) in [6.45, 7) is 0. The average molecular weight is 492 g/mol. The SMILES string of the molecule is CN1C2=C(C(=O)CC(c3ccccc3)C2)C(c2ccc(O)c(O)c2)C2=C1CC(c1ccccc1)CC2=O. The number of carbonyl (C=O) groups is 2. The van der Waals surface area contributed by atoms with Crippen molar-refractivity contribution in [2.45, 2.75) is 43.4 Å². The molecule has 5 nitrogen and oxygen atoms in total. The highest BCUT2D eigenvalue weighted by molar-refractivity contribution is 6.07. The number of hydrogen-bond acceptors (Lipinski definition) is 5. The Morgan fingerprint density at radius 2 is 1.11 bits per heavy atom. The molecule has 0 bridgehead atoms. The van der Waals surface area contributed by atoms with E-state index in [-0.39, 0.29) is 34.9 Å². The van der Waals surface area contributed by atoms with Crippen molar-refractivity contribution < 1.29 is 19.8 Å². The summed E-state index contributed by atoms with van der Waals surface area (Å²) < 4.78 is 0. The van der Waals surface area contributed by atoms with Crippen LogP contribution in [0.15, 0.2) is 101 Å². The second-order valence-electron chi connectivity index (χ2n) is 10.3. The van der Waals surface area contributed by atoms with Crippen molar-refractivity contribution in [2.75, 3.05) is 7.05 Å². The van der Waals surface area contributed by atoms with Crippen LogP contribution >= 0.6 is 0 Å². The molecular weight excluding hydrogens is 462 g/mol. The number of hydrogen-bond donors (Lipinski definition) is 2. The summed E-state index contributed by atoms with van der Waals surface area (Å²) in [7, 11) is 1.98. The molecule has 0 aromatic heterocycles. The van der Waals surface area contributed by atoms with E-state index in [0.29, 0.717) is 42.4 Å². The third-order valence-electron chi connectivity index (χ3n) is 8.23. The van der Waals surface area contributed by atoms with E-state index in [1.54, 1.807) is 6.07 Å². The van der Waals surface area contributed by atoms with Crippen LogP contribution in [-0.2, 0) is 9.59 Å². The number of benzene rings is 3. The van der Waals surface area contributed by atoms with Gasteiger partial charge in [-0.15, -0.1) is 0 Å². The van der Waals surface area contributed by atoms with Gasteiger partial charge in [-0.25, -0.2) is 0 Å². The van der Waals surface area contributed by atoms with Crippen LogP contribution in [0.4, 0.5) is 0 Å². The Kier molecular flexibility index (Phi) is 5.71. The van der Waals surface area contributed by atoms with Gasteiger partial charge in [-0.3, -0.25) is 9.59 Å². The smallest absolute Gasteiger partial charge is 0.162 e. The van der Waals surface area contributed by atoms with Crippen LogP contribution in [0.1, 0.15) is 60.1 Å². The number of aromatic hydroxyl groups is 2. The molecule has 2 atom stereocenters. The van der Waals surface area contributed by atoms with Crippen molar-refractivity contribution in [3.8, 4) is 11.5 Å². The molecule has 2 aliphatic carbocycles. The lowest BCUT2D eigenvalue weighted by molar-refractivity contribution is -0.117. The van der Waals surface area contributed by atoms with Crippen LogP contribution in [0.2, 0.25) is 0 Å². The molecule has 0 radical (unpaired) electrons. The van der Waals surface area contributed by atoms with Gasteiger partial charge in [-0.05, 0) is 53.5 Å². The Hall–Kier alpha value is -4.12. The monoisotopic (exact) mass is 491 g/mol. The Balaban J connectivity index is 1.50. The van der Waals surface area contributed by atoms with Crippen molar-refractivity contribution in [2.24, 2.45) is 0 Å². The molecule has 1 heterocycles. The Morgan fingerprint density at radius 3 is 1.57 bits per heavy atom. The van der Waals surface area contributed by atoms with E-state index in [9.17, 15) is 19.8 Å². The zero-order chi connectivity index (χ0) is 25.7. The number of nitrogens with zero attached hydrogens (tertiary/aromatic N) is 1. The number of Topliss-reactive ketones (excluding diaryl/α,β-unsaturated/α-hetero) is 2. The molecule has 0 saturated heterocycles. The van der Waals surface area contributed by atoms with Gasteiger partial charge in [0.05, 0.1) is 0 Å². The first-order valence-corrected chi connectivity index (χ1v) is 12.8. The summed E-state index contributed by atoms with van der Waals surface area (Å²) in [6.07, 6.45) is 2.15.